The molecule has 0 saturated carbocycles. The van der Waals surface area contributed by atoms with Crippen molar-refractivity contribution in [2.75, 3.05) is 31.5 Å². The summed E-state index contributed by atoms with van der Waals surface area (Å²) in [5, 5.41) is 10.9. The summed E-state index contributed by atoms with van der Waals surface area (Å²) in [6.07, 6.45) is -3.37. The van der Waals surface area contributed by atoms with E-state index < -0.39 is 12.7 Å². The molecule has 1 aliphatic heterocycles. The quantitative estimate of drug-likeness (QED) is 0.915. The van der Waals surface area contributed by atoms with Crippen LogP contribution in [0.2, 0.25) is 0 Å². The molecule has 0 aromatic carbocycles. The van der Waals surface area contributed by atoms with Crippen LogP contribution in [0.15, 0.2) is 0 Å². The molecule has 1 aromatic rings. The Labute approximate surface area is 115 Å². The highest BCUT2D eigenvalue weighted by atomic mass is 19.4. The molecule has 1 N–H and O–H groups in total. The minimum absolute atomic E-state index is 0.183. The fraction of sp³-hybridized carbons (Fsp3) is 0.750. The lowest BCUT2D eigenvalue weighted by Gasteiger charge is -2.18. The third-order valence-electron chi connectivity index (χ3n) is 3.41. The molecule has 0 radical (unpaired) electrons. The molecule has 20 heavy (non-hydrogen) atoms. The summed E-state index contributed by atoms with van der Waals surface area (Å²) in [5.41, 5.74) is 1.57. The monoisotopic (exact) mass is 289 g/mol. The van der Waals surface area contributed by atoms with E-state index in [1.165, 1.54) is 4.90 Å². The van der Waals surface area contributed by atoms with Crippen molar-refractivity contribution in [2.24, 2.45) is 5.92 Å². The first-order chi connectivity index (χ1) is 9.33. The molecule has 0 aliphatic carbocycles. The number of halogens is 3. The Morgan fingerprint density at radius 3 is 2.65 bits per heavy atom. The van der Waals surface area contributed by atoms with Crippen LogP contribution in [0.4, 0.5) is 19.1 Å². The van der Waals surface area contributed by atoms with E-state index in [4.69, 9.17) is 0 Å². The Morgan fingerprint density at radius 1 is 1.25 bits per heavy atom. The minimum Gasteiger partial charge on any atom is -0.353 e. The number of anilines is 1. The van der Waals surface area contributed by atoms with Gasteiger partial charge in [-0.05, 0) is 32.7 Å². The second-order valence-corrected chi connectivity index (χ2v) is 5.19. The normalized spacial score (nSPS) is 20.4. The zero-order chi connectivity index (χ0) is 14.8. The van der Waals surface area contributed by atoms with E-state index in [1.807, 2.05) is 13.8 Å². The zero-order valence-corrected chi connectivity index (χ0v) is 11.5. The predicted molar refractivity (Wildman–Crippen MR) is 68.4 cm³/mol. The number of nitrogens with zero attached hydrogens (tertiary/aromatic N) is 4. The average molecular weight is 289 g/mol. The largest absolute Gasteiger partial charge is 0.401 e. The van der Waals surface area contributed by atoms with E-state index in [2.05, 4.69) is 20.5 Å². The lowest BCUT2D eigenvalue weighted by atomic mass is 10.1. The Bertz CT molecular complexity index is 463. The fourth-order valence-corrected chi connectivity index (χ4v) is 2.24. The highest BCUT2D eigenvalue weighted by Gasteiger charge is 2.34. The molecule has 1 unspecified atom stereocenters. The van der Waals surface area contributed by atoms with Crippen molar-refractivity contribution < 1.29 is 13.2 Å². The van der Waals surface area contributed by atoms with Gasteiger partial charge in [0.1, 0.15) is 0 Å². The van der Waals surface area contributed by atoms with Crippen LogP contribution in [0.25, 0.3) is 0 Å². The van der Waals surface area contributed by atoms with E-state index in [9.17, 15) is 13.2 Å². The summed E-state index contributed by atoms with van der Waals surface area (Å²) in [6, 6.07) is 0. The summed E-state index contributed by atoms with van der Waals surface area (Å²) in [7, 11) is 0. The third-order valence-corrected chi connectivity index (χ3v) is 3.41. The van der Waals surface area contributed by atoms with Crippen LogP contribution in [0.1, 0.15) is 17.8 Å². The van der Waals surface area contributed by atoms with Crippen molar-refractivity contribution in [1.82, 2.24) is 20.1 Å². The summed E-state index contributed by atoms with van der Waals surface area (Å²) in [5.74, 6) is 0.616. The van der Waals surface area contributed by atoms with Gasteiger partial charge in [0, 0.05) is 13.1 Å². The average Bonchev–Trinajstić information content (AvgIpc) is 2.76. The molecule has 1 fully saturated rings. The van der Waals surface area contributed by atoms with Crippen LogP contribution in [0, 0.1) is 19.8 Å². The Balaban J connectivity index is 1.79. The van der Waals surface area contributed by atoms with Crippen molar-refractivity contribution in [3.05, 3.63) is 11.4 Å². The summed E-state index contributed by atoms with van der Waals surface area (Å²) < 4.78 is 36.8. The van der Waals surface area contributed by atoms with Gasteiger partial charge < -0.3 is 5.32 Å². The van der Waals surface area contributed by atoms with Gasteiger partial charge >= 0.3 is 6.18 Å². The summed E-state index contributed by atoms with van der Waals surface area (Å²) in [6.45, 7) is 4.34. The van der Waals surface area contributed by atoms with Gasteiger partial charge in [-0.15, -0.1) is 5.10 Å². The van der Waals surface area contributed by atoms with Crippen molar-refractivity contribution in [3.63, 3.8) is 0 Å². The Hall–Kier alpha value is -1.44. The number of nitrogens with one attached hydrogen (secondary N) is 1. The van der Waals surface area contributed by atoms with Gasteiger partial charge in [-0.3, -0.25) is 4.90 Å². The van der Waals surface area contributed by atoms with Gasteiger partial charge in [-0.2, -0.15) is 18.3 Å². The standard InChI is InChI=1S/C12H18F3N5/c1-8-9(2)18-19-11(17-8)16-5-10-3-4-20(6-10)7-12(13,14)15/h10H,3-7H2,1-2H3,(H,16,17,19). The van der Waals surface area contributed by atoms with Crippen LogP contribution < -0.4 is 5.32 Å². The highest BCUT2D eigenvalue weighted by molar-refractivity contribution is 5.24. The van der Waals surface area contributed by atoms with Gasteiger partial charge in [-0.1, -0.05) is 0 Å². The van der Waals surface area contributed by atoms with Crippen molar-refractivity contribution in [3.8, 4) is 0 Å². The molecule has 5 nitrogen and oxygen atoms in total. The SMILES string of the molecule is Cc1nnc(NCC2CCN(CC(F)(F)F)C2)nc1C. The van der Waals surface area contributed by atoms with Crippen LogP contribution in [0.5, 0.6) is 0 Å². The number of rotatable bonds is 4. The lowest BCUT2D eigenvalue weighted by molar-refractivity contribution is -0.143. The molecule has 1 aromatic heterocycles. The van der Waals surface area contributed by atoms with Gasteiger partial charge in [-0.25, -0.2) is 4.98 Å². The molecule has 112 valence electrons. The van der Waals surface area contributed by atoms with Crippen LogP contribution in [0.3, 0.4) is 0 Å². The number of aromatic nitrogens is 3. The van der Waals surface area contributed by atoms with Crippen molar-refractivity contribution in [2.45, 2.75) is 26.4 Å². The smallest absolute Gasteiger partial charge is 0.353 e. The molecular formula is C12H18F3N5. The van der Waals surface area contributed by atoms with E-state index in [-0.39, 0.29) is 5.92 Å². The molecule has 1 atom stereocenters. The first kappa shape index (κ1) is 15.0. The van der Waals surface area contributed by atoms with E-state index in [0.717, 1.165) is 17.8 Å². The molecule has 8 heteroatoms. The first-order valence-corrected chi connectivity index (χ1v) is 6.54. The summed E-state index contributed by atoms with van der Waals surface area (Å²) in [4.78, 5) is 5.67. The zero-order valence-electron chi connectivity index (χ0n) is 11.5. The van der Waals surface area contributed by atoms with Crippen LogP contribution in [-0.2, 0) is 0 Å². The molecule has 2 rings (SSSR count). The highest BCUT2D eigenvalue weighted by Crippen LogP contribution is 2.22. The second kappa shape index (κ2) is 5.90. The van der Waals surface area contributed by atoms with Crippen LogP contribution in [-0.4, -0.2) is 52.4 Å². The maximum Gasteiger partial charge on any atom is 0.401 e. The van der Waals surface area contributed by atoms with Gasteiger partial charge in [0.25, 0.3) is 0 Å². The van der Waals surface area contributed by atoms with Crippen molar-refractivity contribution >= 4 is 5.95 Å². The molecule has 2 heterocycles. The second-order valence-electron chi connectivity index (χ2n) is 5.19. The van der Waals surface area contributed by atoms with Gasteiger partial charge in [0.2, 0.25) is 5.95 Å². The first-order valence-electron chi connectivity index (χ1n) is 6.54. The van der Waals surface area contributed by atoms with Crippen molar-refractivity contribution in [1.29, 1.82) is 0 Å². The molecule has 0 amide bonds. The van der Waals surface area contributed by atoms with Crippen LogP contribution >= 0.6 is 0 Å². The maximum absolute atomic E-state index is 12.3. The number of hydrogen-bond donors (Lipinski definition) is 1. The molecule has 0 spiro atoms. The summed E-state index contributed by atoms with van der Waals surface area (Å²) >= 11 is 0. The van der Waals surface area contributed by atoms with E-state index >= 15 is 0 Å². The lowest BCUT2D eigenvalue weighted by Crippen LogP contribution is -2.33. The topological polar surface area (TPSA) is 53.9 Å². The molecule has 0 bridgehead atoms. The number of alkyl halides is 3. The Kier molecular flexibility index (Phi) is 4.42. The number of likely N-dealkylation sites (tertiary alicyclic amines) is 1. The molecule has 1 saturated heterocycles. The minimum atomic E-state index is -4.12. The van der Waals surface area contributed by atoms with Gasteiger partial charge in [0.15, 0.2) is 0 Å². The predicted octanol–water partition coefficient (Wildman–Crippen LogP) is 1.78. The number of hydrogen-bond acceptors (Lipinski definition) is 5. The fourth-order valence-electron chi connectivity index (χ4n) is 2.24. The molecule has 1 aliphatic rings. The molecular weight excluding hydrogens is 271 g/mol. The van der Waals surface area contributed by atoms with Gasteiger partial charge in [0.05, 0.1) is 17.9 Å². The third kappa shape index (κ3) is 4.29. The van der Waals surface area contributed by atoms with E-state index in [1.54, 1.807) is 0 Å². The number of aryl methyl sites for hydroxylation is 2. The Morgan fingerprint density at radius 2 is 2.00 bits per heavy atom. The van der Waals surface area contributed by atoms with E-state index in [0.29, 0.717) is 25.6 Å². The maximum atomic E-state index is 12.3.